The van der Waals surface area contributed by atoms with E-state index >= 15 is 0 Å². The summed E-state index contributed by atoms with van der Waals surface area (Å²) in [5, 5.41) is 10.3. The zero-order valence-electron chi connectivity index (χ0n) is 19.5. The molecule has 0 saturated heterocycles. The Morgan fingerprint density at radius 1 is 1.24 bits per heavy atom. The van der Waals surface area contributed by atoms with Crippen molar-refractivity contribution in [3.63, 3.8) is 0 Å². The van der Waals surface area contributed by atoms with Crippen molar-refractivity contribution in [3.05, 3.63) is 48.4 Å². The number of carbonyl (C=O) groups excluding carboxylic acids is 1. The molecule has 0 aliphatic heterocycles. The number of aromatic nitrogens is 4. The fraction of sp³-hybridized carbons (Fsp3) is 0.333. The predicted molar refractivity (Wildman–Crippen MR) is 126 cm³/mol. The average molecular weight is 449 g/mol. The molecule has 2 N–H and O–H groups in total. The number of amides is 1. The summed E-state index contributed by atoms with van der Waals surface area (Å²) in [4.78, 5) is 21.2. The molecule has 9 heteroatoms. The first-order valence-electron chi connectivity index (χ1n) is 10.4. The molecule has 2 aromatic heterocycles. The molecule has 0 aliphatic carbocycles. The van der Waals surface area contributed by atoms with Crippen LogP contribution in [0.2, 0.25) is 0 Å². The van der Waals surface area contributed by atoms with Crippen LogP contribution in [0.25, 0.3) is 11.4 Å². The van der Waals surface area contributed by atoms with Gasteiger partial charge in [0.25, 0.3) is 5.91 Å². The number of nitrogens with zero attached hydrogens (tertiary/aromatic N) is 4. The third-order valence-electron chi connectivity index (χ3n) is 4.17. The van der Waals surface area contributed by atoms with Crippen molar-refractivity contribution in [1.29, 1.82) is 0 Å². The quantitative estimate of drug-likeness (QED) is 0.536. The molecule has 0 atom stereocenters. The molecular formula is C24H28N6O3. The van der Waals surface area contributed by atoms with Gasteiger partial charge in [-0.25, -0.2) is 9.97 Å². The monoisotopic (exact) mass is 448 g/mol. The van der Waals surface area contributed by atoms with E-state index in [0.29, 0.717) is 29.6 Å². The van der Waals surface area contributed by atoms with Crippen LogP contribution in [0.4, 0.5) is 11.5 Å². The number of methoxy groups -OCH3 is 1. The lowest BCUT2D eigenvalue weighted by Gasteiger charge is -2.20. The number of ether oxygens (including phenoxy) is 2. The smallest absolute Gasteiger partial charge is 0.258 e. The van der Waals surface area contributed by atoms with Crippen LogP contribution in [0.1, 0.15) is 26.3 Å². The maximum Gasteiger partial charge on any atom is 0.258 e. The van der Waals surface area contributed by atoms with Gasteiger partial charge >= 0.3 is 0 Å². The Balaban J connectivity index is 1.83. The Kier molecular flexibility index (Phi) is 7.64. The van der Waals surface area contributed by atoms with E-state index < -0.39 is 0 Å². The Hall–Kier alpha value is -3.90. The molecule has 172 valence electrons. The molecule has 1 amide bonds. The van der Waals surface area contributed by atoms with E-state index in [1.54, 1.807) is 36.3 Å². The van der Waals surface area contributed by atoms with Gasteiger partial charge in [-0.3, -0.25) is 9.48 Å². The van der Waals surface area contributed by atoms with Crippen molar-refractivity contribution in [2.75, 3.05) is 25.6 Å². The fourth-order valence-corrected chi connectivity index (χ4v) is 2.86. The molecule has 0 bridgehead atoms. The van der Waals surface area contributed by atoms with Crippen molar-refractivity contribution < 1.29 is 14.3 Å². The molecule has 3 aromatic rings. The van der Waals surface area contributed by atoms with Gasteiger partial charge in [-0.15, -0.1) is 0 Å². The number of hydrogen-bond acceptors (Lipinski definition) is 7. The lowest BCUT2D eigenvalue weighted by molar-refractivity contribution is -0.124. The molecule has 1 aromatic carbocycles. The van der Waals surface area contributed by atoms with Crippen LogP contribution in [0.3, 0.4) is 0 Å². The van der Waals surface area contributed by atoms with Gasteiger partial charge in [-0.1, -0.05) is 24.0 Å². The summed E-state index contributed by atoms with van der Waals surface area (Å²) in [7, 11) is 3.42. The van der Waals surface area contributed by atoms with Gasteiger partial charge in [0.2, 0.25) is 0 Å². The average Bonchev–Trinajstić information content (AvgIpc) is 3.17. The van der Waals surface area contributed by atoms with Gasteiger partial charge in [0, 0.05) is 37.7 Å². The summed E-state index contributed by atoms with van der Waals surface area (Å²) in [6, 6.07) is 7.29. The molecule has 2 heterocycles. The van der Waals surface area contributed by atoms with Crippen LogP contribution >= 0.6 is 0 Å². The van der Waals surface area contributed by atoms with Gasteiger partial charge in [0.15, 0.2) is 12.4 Å². The van der Waals surface area contributed by atoms with Crippen molar-refractivity contribution in [3.8, 4) is 29.0 Å². The highest BCUT2D eigenvalue weighted by atomic mass is 16.5. The molecular weight excluding hydrogens is 420 g/mol. The third-order valence-corrected chi connectivity index (χ3v) is 4.17. The molecule has 0 saturated carbocycles. The summed E-state index contributed by atoms with van der Waals surface area (Å²) in [5.41, 5.74) is 1.83. The Morgan fingerprint density at radius 2 is 2.06 bits per heavy atom. The van der Waals surface area contributed by atoms with Gasteiger partial charge in [-0.05, 0) is 32.9 Å². The Labute approximate surface area is 193 Å². The topological polar surface area (TPSA) is 103 Å². The molecule has 0 aliphatic rings. The molecule has 0 fully saturated rings. The Morgan fingerprint density at radius 3 is 2.76 bits per heavy atom. The molecule has 0 spiro atoms. The van der Waals surface area contributed by atoms with Crippen LogP contribution in [0, 0.1) is 11.8 Å². The minimum atomic E-state index is -0.318. The van der Waals surface area contributed by atoms with E-state index in [9.17, 15) is 4.79 Å². The highest BCUT2D eigenvalue weighted by Gasteiger charge is 2.14. The summed E-state index contributed by atoms with van der Waals surface area (Å²) in [6.07, 6.45) is 5.20. The van der Waals surface area contributed by atoms with Crippen molar-refractivity contribution in [1.82, 2.24) is 25.1 Å². The molecule has 33 heavy (non-hydrogen) atoms. The third kappa shape index (κ3) is 7.33. The van der Waals surface area contributed by atoms with Gasteiger partial charge in [0.05, 0.1) is 17.4 Å². The normalized spacial score (nSPS) is 10.8. The lowest BCUT2D eigenvalue weighted by Crippen LogP contribution is -2.43. The number of nitrogens with one attached hydrogen (secondary N) is 2. The van der Waals surface area contributed by atoms with Crippen LogP contribution in [0.5, 0.6) is 5.75 Å². The van der Waals surface area contributed by atoms with Gasteiger partial charge in [-0.2, -0.15) is 5.10 Å². The second-order valence-electron chi connectivity index (χ2n) is 8.33. The first kappa shape index (κ1) is 23.8. The van der Waals surface area contributed by atoms with Crippen LogP contribution in [0.15, 0.2) is 42.9 Å². The number of anilines is 2. The second kappa shape index (κ2) is 10.6. The predicted octanol–water partition coefficient (Wildman–Crippen LogP) is 2.91. The summed E-state index contributed by atoms with van der Waals surface area (Å²) < 4.78 is 12.4. The lowest BCUT2D eigenvalue weighted by atomic mass is 10.1. The maximum atomic E-state index is 12.1. The van der Waals surface area contributed by atoms with Crippen molar-refractivity contribution in [2.24, 2.45) is 7.05 Å². The standard InChI is InChI=1S/C24H28N6O3/c1-24(2,3)29-21(31)16-33-20-10-6-8-17(12-20)22-25-13-18(9-7-11-32-5)23(28-22)27-19-14-26-30(4)15-19/h6,8,10,12-15H,11,16H2,1-5H3,(H,29,31)(H,25,27,28). The van der Waals surface area contributed by atoms with E-state index in [4.69, 9.17) is 9.47 Å². The molecule has 0 unspecified atom stereocenters. The van der Waals surface area contributed by atoms with Crippen LogP contribution < -0.4 is 15.4 Å². The number of carbonyl (C=O) groups is 1. The zero-order chi connectivity index (χ0) is 23.8. The SMILES string of the molecule is COCC#Cc1cnc(-c2cccc(OCC(=O)NC(C)(C)C)c2)nc1Nc1cnn(C)c1. The summed E-state index contributed by atoms with van der Waals surface area (Å²) in [5.74, 6) is 7.34. The number of benzene rings is 1. The van der Waals surface area contributed by atoms with E-state index in [2.05, 4.69) is 37.5 Å². The fourth-order valence-electron chi connectivity index (χ4n) is 2.86. The van der Waals surface area contributed by atoms with Crippen molar-refractivity contribution in [2.45, 2.75) is 26.3 Å². The minimum Gasteiger partial charge on any atom is -0.484 e. The number of aryl methyl sites for hydroxylation is 1. The largest absolute Gasteiger partial charge is 0.484 e. The van der Waals surface area contributed by atoms with Crippen molar-refractivity contribution >= 4 is 17.4 Å². The van der Waals surface area contributed by atoms with E-state index in [0.717, 1.165) is 11.3 Å². The van der Waals surface area contributed by atoms with Crippen LogP contribution in [-0.2, 0) is 16.6 Å². The van der Waals surface area contributed by atoms with E-state index in [1.807, 2.05) is 46.1 Å². The highest BCUT2D eigenvalue weighted by Crippen LogP contribution is 2.25. The highest BCUT2D eigenvalue weighted by molar-refractivity contribution is 5.78. The first-order chi connectivity index (χ1) is 15.7. The Bertz CT molecular complexity index is 1170. The molecule has 0 radical (unpaired) electrons. The van der Waals surface area contributed by atoms with E-state index in [1.165, 1.54) is 0 Å². The minimum absolute atomic E-state index is 0.0799. The van der Waals surface area contributed by atoms with Gasteiger partial charge < -0.3 is 20.1 Å². The summed E-state index contributed by atoms with van der Waals surface area (Å²) >= 11 is 0. The molecule has 3 rings (SSSR count). The maximum absolute atomic E-state index is 12.1. The summed E-state index contributed by atoms with van der Waals surface area (Å²) in [6.45, 7) is 5.98. The molecule has 9 nitrogen and oxygen atoms in total. The van der Waals surface area contributed by atoms with Gasteiger partial charge in [0.1, 0.15) is 18.2 Å². The van der Waals surface area contributed by atoms with Crippen LogP contribution in [-0.4, -0.2) is 51.5 Å². The van der Waals surface area contributed by atoms with E-state index in [-0.39, 0.29) is 18.1 Å². The second-order valence-corrected chi connectivity index (χ2v) is 8.33. The number of rotatable bonds is 7. The zero-order valence-corrected chi connectivity index (χ0v) is 19.5. The first-order valence-corrected chi connectivity index (χ1v) is 10.4. The number of hydrogen-bond donors (Lipinski definition) is 2.